The van der Waals surface area contributed by atoms with Gasteiger partial charge in [0.05, 0.1) is 11.6 Å². The third-order valence-corrected chi connectivity index (χ3v) is 4.59. The van der Waals surface area contributed by atoms with Crippen LogP contribution in [0.3, 0.4) is 0 Å². The van der Waals surface area contributed by atoms with Gasteiger partial charge in [0.15, 0.2) is 0 Å². The van der Waals surface area contributed by atoms with Crippen LogP contribution in [0.2, 0.25) is 0 Å². The molecule has 0 spiro atoms. The standard InChI is InChI=1S/C24H30FNO2/c1-7-10-21(23(27)26-18(3)24(4,5)28-6)16-15-19(8-2)13-14-20-11-9-12-22(25)17-20/h8-9,11-12,15-18H,2,7,10H2,1,3-6H3,(H,26,27). The summed E-state index contributed by atoms with van der Waals surface area (Å²) in [5.41, 5.74) is 1.42. The third kappa shape index (κ3) is 7.54. The van der Waals surface area contributed by atoms with E-state index in [0.29, 0.717) is 23.1 Å². The van der Waals surface area contributed by atoms with Gasteiger partial charge in [-0.05, 0) is 51.5 Å². The number of carbonyl (C=O) groups is 1. The molecule has 1 N–H and O–H groups in total. The largest absolute Gasteiger partial charge is 0.377 e. The summed E-state index contributed by atoms with van der Waals surface area (Å²) in [6.45, 7) is 11.6. The van der Waals surface area contributed by atoms with Gasteiger partial charge in [0.25, 0.3) is 0 Å². The first-order chi connectivity index (χ1) is 13.2. The van der Waals surface area contributed by atoms with Crippen LogP contribution in [-0.2, 0) is 9.53 Å². The number of hydrogen-bond donors (Lipinski definition) is 1. The highest BCUT2D eigenvalue weighted by molar-refractivity contribution is 5.94. The lowest BCUT2D eigenvalue weighted by molar-refractivity contribution is -0.120. The van der Waals surface area contributed by atoms with Crippen LogP contribution >= 0.6 is 0 Å². The van der Waals surface area contributed by atoms with E-state index in [1.807, 2.05) is 27.7 Å². The normalized spacial score (nSPS) is 13.4. The van der Waals surface area contributed by atoms with Gasteiger partial charge in [0.1, 0.15) is 5.82 Å². The van der Waals surface area contributed by atoms with E-state index >= 15 is 0 Å². The molecule has 0 heterocycles. The van der Waals surface area contributed by atoms with Gasteiger partial charge in [-0.25, -0.2) is 4.39 Å². The number of amides is 1. The molecule has 1 amide bonds. The van der Waals surface area contributed by atoms with Crippen molar-refractivity contribution < 1.29 is 13.9 Å². The summed E-state index contributed by atoms with van der Waals surface area (Å²) in [7, 11) is 1.63. The monoisotopic (exact) mass is 383 g/mol. The average Bonchev–Trinajstić information content (AvgIpc) is 2.66. The Bertz CT molecular complexity index is 809. The number of hydrogen-bond acceptors (Lipinski definition) is 2. The van der Waals surface area contributed by atoms with Crippen LogP contribution in [0.1, 0.15) is 46.1 Å². The molecule has 0 aromatic heterocycles. The molecule has 0 saturated heterocycles. The zero-order valence-electron chi connectivity index (χ0n) is 17.4. The maximum atomic E-state index is 13.2. The van der Waals surface area contributed by atoms with Crippen molar-refractivity contribution in [2.75, 3.05) is 7.11 Å². The number of halogens is 1. The van der Waals surface area contributed by atoms with Crippen LogP contribution in [-0.4, -0.2) is 24.7 Å². The molecular formula is C24H30FNO2. The highest BCUT2D eigenvalue weighted by Gasteiger charge is 2.27. The summed E-state index contributed by atoms with van der Waals surface area (Å²) in [6.07, 6.45) is 6.62. The quantitative estimate of drug-likeness (QED) is 0.392. The number of carbonyl (C=O) groups excluding carboxylic acids is 1. The van der Waals surface area contributed by atoms with Gasteiger partial charge in [-0.15, -0.1) is 0 Å². The second-order valence-electron chi connectivity index (χ2n) is 7.03. The Hall–Kier alpha value is -2.64. The molecule has 150 valence electrons. The molecule has 0 fully saturated rings. The fourth-order valence-electron chi connectivity index (χ4n) is 2.24. The van der Waals surface area contributed by atoms with E-state index in [1.165, 1.54) is 12.1 Å². The molecule has 4 heteroatoms. The van der Waals surface area contributed by atoms with Crippen molar-refractivity contribution in [3.05, 3.63) is 71.6 Å². The molecule has 28 heavy (non-hydrogen) atoms. The molecular weight excluding hydrogens is 353 g/mol. The summed E-state index contributed by atoms with van der Waals surface area (Å²) in [6, 6.07) is 5.95. The number of benzene rings is 1. The first kappa shape index (κ1) is 23.4. The van der Waals surface area contributed by atoms with Crippen LogP contribution < -0.4 is 5.32 Å². The van der Waals surface area contributed by atoms with Crippen LogP contribution in [0.4, 0.5) is 4.39 Å². The zero-order valence-corrected chi connectivity index (χ0v) is 17.4. The first-order valence-corrected chi connectivity index (χ1v) is 9.40. The van der Waals surface area contributed by atoms with E-state index in [1.54, 1.807) is 37.5 Å². The van der Waals surface area contributed by atoms with E-state index in [-0.39, 0.29) is 17.8 Å². The molecule has 0 aliphatic carbocycles. The van der Waals surface area contributed by atoms with Crippen LogP contribution in [0.25, 0.3) is 0 Å². The van der Waals surface area contributed by atoms with Crippen molar-refractivity contribution in [1.82, 2.24) is 5.32 Å². The van der Waals surface area contributed by atoms with Crippen molar-refractivity contribution in [1.29, 1.82) is 0 Å². The van der Waals surface area contributed by atoms with Crippen molar-refractivity contribution in [2.45, 2.75) is 52.2 Å². The number of rotatable bonds is 8. The molecule has 0 radical (unpaired) electrons. The molecule has 0 aliphatic rings. The second-order valence-corrected chi connectivity index (χ2v) is 7.03. The van der Waals surface area contributed by atoms with Gasteiger partial charge in [0, 0.05) is 23.8 Å². The maximum Gasteiger partial charge on any atom is 0.247 e. The molecule has 0 bridgehead atoms. The summed E-state index contributed by atoms with van der Waals surface area (Å²) in [5, 5.41) is 3.00. The minimum absolute atomic E-state index is 0.128. The summed E-state index contributed by atoms with van der Waals surface area (Å²) in [4.78, 5) is 12.7. The van der Waals surface area contributed by atoms with Crippen LogP contribution in [0.5, 0.6) is 0 Å². The lowest BCUT2D eigenvalue weighted by Crippen LogP contribution is -2.48. The molecule has 1 unspecified atom stereocenters. The molecule has 0 saturated carbocycles. The predicted molar refractivity (Wildman–Crippen MR) is 113 cm³/mol. The van der Waals surface area contributed by atoms with E-state index in [0.717, 1.165) is 6.42 Å². The highest BCUT2D eigenvalue weighted by atomic mass is 19.1. The predicted octanol–water partition coefficient (Wildman–Crippen LogP) is 4.95. The van der Waals surface area contributed by atoms with Crippen molar-refractivity contribution in [3.63, 3.8) is 0 Å². The van der Waals surface area contributed by atoms with Gasteiger partial charge in [-0.3, -0.25) is 4.79 Å². The topological polar surface area (TPSA) is 38.3 Å². The number of ether oxygens (including phenoxy) is 1. The summed E-state index contributed by atoms with van der Waals surface area (Å²) in [5.74, 6) is 5.40. The average molecular weight is 384 g/mol. The fourth-order valence-corrected chi connectivity index (χ4v) is 2.24. The highest BCUT2D eigenvalue weighted by Crippen LogP contribution is 2.15. The summed E-state index contributed by atoms with van der Waals surface area (Å²) < 4.78 is 18.7. The Balaban J connectivity index is 3.02. The lowest BCUT2D eigenvalue weighted by Gasteiger charge is -2.31. The van der Waals surface area contributed by atoms with E-state index in [4.69, 9.17) is 4.74 Å². The maximum absolute atomic E-state index is 13.2. The lowest BCUT2D eigenvalue weighted by atomic mass is 9.99. The van der Waals surface area contributed by atoms with Crippen molar-refractivity contribution in [3.8, 4) is 11.8 Å². The van der Waals surface area contributed by atoms with Gasteiger partial charge in [0.2, 0.25) is 5.91 Å². The van der Waals surface area contributed by atoms with Crippen molar-refractivity contribution in [2.24, 2.45) is 0 Å². The SMILES string of the molecule is C=CC(C#Cc1cccc(F)c1)=CC=C(CCC)C(=O)NC(C)C(C)(C)OC. The Morgan fingerprint density at radius 1 is 1.39 bits per heavy atom. The fraction of sp³-hybridized carbons (Fsp3) is 0.375. The van der Waals surface area contributed by atoms with E-state index in [2.05, 4.69) is 23.7 Å². The van der Waals surface area contributed by atoms with Gasteiger partial charge < -0.3 is 10.1 Å². The van der Waals surface area contributed by atoms with Crippen LogP contribution in [0, 0.1) is 17.7 Å². The number of methoxy groups -OCH3 is 1. The Labute approximate surface area is 168 Å². The van der Waals surface area contributed by atoms with Gasteiger partial charge in [-0.1, -0.05) is 50.0 Å². The van der Waals surface area contributed by atoms with Crippen molar-refractivity contribution >= 4 is 5.91 Å². The molecule has 3 nitrogen and oxygen atoms in total. The Morgan fingerprint density at radius 3 is 2.68 bits per heavy atom. The Kier molecular flexibility index (Phi) is 9.41. The van der Waals surface area contributed by atoms with Crippen LogP contribution in [0.15, 0.2) is 60.2 Å². The molecule has 1 aromatic carbocycles. The smallest absolute Gasteiger partial charge is 0.247 e. The second kappa shape index (κ2) is 11.3. The molecule has 1 aromatic rings. The number of nitrogens with one attached hydrogen (secondary N) is 1. The Morgan fingerprint density at radius 2 is 2.11 bits per heavy atom. The summed E-state index contributed by atoms with van der Waals surface area (Å²) >= 11 is 0. The van der Waals surface area contributed by atoms with Gasteiger partial charge in [-0.2, -0.15) is 0 Å². The molecule has 0 aliphatic heterocycles. The first-order valence-electron chi connectivity index (χ1n) is 9.40. The third-order valence-electron chi connectivity index (χ3n) is 4.59. The van der Waals surface area contributed by atoms with E-state index in [9.17, 15) is 9.18 Å². The zero-order chi connectivity index (χ0) is 21.2. The van der Waals surface area contributed by atoms with E-state index < -0.39 is 5.60 Å². The minimum Gasteiger partial charge on any atom is -0.377 e. The minimum atomic E-state index is -0.467. The number of allylic oxidation sites excluding steroid dienone is 4. The molecule has 1 atom stereocenters. The molecule has 1 rings (SSSR count). The van der Waals surface area contributed by atoms with Gasteiger partial charge >= 0.3 is 0 Å².